The molecule has 0 spiro atoms. The van der Waals surface area contributed by atoms with Crippen LogP contribution in [0.5, 0.6) is 0 Å². The van der Waals surface area contributed by atoms with Gasteiger partial charge in [0.1, 0.15) is 0 Å². The quantitative estimate of drug-likeness (QED) is 0.945. The first-order valence-corrected chi connectivity index (χ1v) is 7.26. The number of nitrogens with zero attached hydrogens (tertiary/aromatic N) is 2. The van der Waals surface area contributed by atoms with E-state index in [1.54, 1.807) is 0 Å². The summed E-state index contributed by atoms with van der Waals surface area (Å²) in [5.74, 6) is 0. The molecular formula is C17H22ClN3. The summed E-state index contributed by atoms with van der Waals surface area (Å²) in [4.78, 5) is 6.72. The lowest BCUT2D eigenvalue weighted by Crippen LogP contribution is -2.48. The van der Waals surface area contributed by atoms with Crippen LogP contribution in [0.4, 0.5) is 0 Å². The topological polar surface area (TPSA) is 28.2 Å². The van der Waals surface area contributed by atoms with Crippen molar-refractivity contribution < 1.29 is 0 Å². The van der Waals surface area contributed by atoms with Crippen molar-refractivity contribution in [3.63, 3.8) is 0 Å². The van der Waals surface area contributed by atoms with Crippen molar-refractivity contribution in [3.05, 3.63) is 54.4 Å². The highest BCUT2D eigenvalue weighted by molar-refractivity contribution is 5.85. The summed E-state index contributed by atoms with van der Waals surface area (Å²) in [7, 11) is 0. The van der Waals surface area contributed by atoms with E-state index in [4.69, 9.17) is 0 Å². The molecule has 2 heterocycles. The number of pyridine rings is 1. The molecule has 0 bridgehead atoms. The SMILES string of the molecule is CC1CN(Cc2cccc(-c3cccnc3)c2)CCN1.Cl. The van der Waals surface area contributed by atoms with Crippen LogP contribution in [0.3, 0.4) is 0 Å². The fourth-order valence-electron chi connectivity index (χ4n) is 2.80. The third-order valence-electron chi connectivity index (χ3n) is 3.78. The zero-order valence-corrected chi connectivity index (χ0v) is 13.1. The number of hydrogen-bond donors (Lipinski definition) is 1. The predicted octanol–water partition coefficient (Wildman–Crippen LogP) is 2.96. The van der Waals surface area contributed by atoms with E-state index in [2.05, 4.69) is 52.5 Å². The van der Waals surface area contributed by atoms with E-state index in [1.807, 2.05) is 18.5 Å². The van der Waals surface area contributed by atoms with Crippen LogP contribution in [-0.2, 0) is 6.54 Å². The molecule has 1 N–H and O–H groups in total. The Hall–Kier alpha value is -1.42. The summed E-state index contributed by atoms with van der Waals surface area (Å²) < 4.78 is 0. The standard InChI is InChI=1S/C17H21N3.ClH/c1-14-12-20(9-8-19-14)13-15-4-2-5-16(10-15)17-6-3-7-18-11-17;/h2-7,10-11,14,19H,8-9,12-13H2,1H3;1H. The second kappa shape index (κ2) is 7.55. The highest BCUT2D eigenvalue weighted by Crippen LogP contribution is 2.20. The Balaban J connectivity index is 0.00000161. The number of piperazine rings is 1. The van der Waals surface area contributed by atoms with Gasteiger partial charge in [-0.3, -0.25) is 9.88 Å². The van der Waals surface area contributed by atoms with Gasteiger partial charge < -0.3 is 5.32 Å². The third kappa shape index (κ3) is 4.27. The molecule has 0 radical (unpaired) electrons. The maximum atomic E-state index is 4.20. The van der Waals surface area contributed by atoms with Crippen molar-refractivity contribution in [2.45, 2.75) is 19.5 Å². The highest BCUT2D eigenvalue weighted by Gasteiger charge is 2.15. The van der Waals surface area contributed by atoms with Gasteiger partial charge in [-0.05, 0) is 35.7 Å². The van der Waals surface area contributed by atoms with Crippen molar-refractivity contribution >= 4 is 12.4 Å². The Bertz CT molecular complexity index is 559. The maximum Gasteiger partial charge on any atom is 0.0346 e. The zero-order chi connectivity index (χ0) is 13.8. The number of benzene rings is 1. The minimum absolute atomic E-state index is 0. The lowest BCUT2D eigenvalue weighted by Gasteiger charge is -2.31. The van der Waals surface area contributed by atoms with Gasteiger partial charge >= 0.3 is 0 Å². The molecule has 1 atom stereocenters. The average Bonchev–Trinajstić information content (AvgIpc) is 2.48. The molecule has 2 aromatic rings. The summed E-state index contributed by atoms with van der Waals surface area (Å²) in [5, 5.41) is 3.49. The zero-order valence-electron chi connectivity index (χ0n) is 12.3. The first-order valence-electron chi connectivity index (χ1n) is 7.26. The molecule has 1 unspecified atom stereocenters. The van der Waals surface area contributed by atoms with Crippen LogP contribution in [0.1, 0.15) is 12.5 Å². The largest absolute Gasteiger partial charge is 0.312 e. The van der Waals surface area contributed by atoms with Crippen LogP contribution in [0.15, 0.2) is 48.8 Å². The molecule has 0 amide bonds. The molecule has 1 aromatic heterocycles. The van der Waals surface area contributed by atoms with Crippen molar-refractivity contribution in [2.24, 2.45) is 0 Å². The number of halogens is 1. The molecule has 1 aliphatic heterocycles. The number of aromatic nitrogens is 1. The van der Waals surface area contributed by atoms with E-state index in [9.17, 15) is 0 Å². The van der Waals surface area contributed by atoms with Gasteiger partial charge in [0, 0.05) is 44.6 Å². The lowest BCUT2D eigenvalue weighted by molar-refractivity contribution is 0.199. The Kier molecular flexibility index (Phi) is 5.74. The molecule has 0 saturated carbocycles. The van der Waals surface area contributed by atoms with Crippen LogP contribution in [0.25, 0.3) is 11.1 Å². The molecule has 1 aliphatic rings. The molecular weight excluding hydrogens is 282 g/mol. The van der Waals surface area contributed by atoms with Gasteiger partial charge in [-0.2, -0.15) is 0 Å². The fraction of sp³-hybridized carbons (Fsp3) is 0.353. The minimum Gasteiger partial charge on any atom is -0.312 e. The van der Waals surface area contributed by atoms with E-state index in [1.165, 1.54) is 16.7 Å². The van der Waals surface area contributed by atoms with E-state index in [0.29, 0.717) is 6.04 Å². The van der Waals surface area contributed by atoms with Gasteiger partial charge in [0.2, 0.25) is 0 Å². The van der Waals surface area contributed by atoms with E-state index in [0.717, 1.165) is 26.2 Å². The van der Waals surface area contributed by atoms with Gasteiger partial charge in [0.15, 0.2) is 0 Å². The Labute approximate surface area is 132 Å². The number of hydrogen-bond acceptors (Lipinski definition) is 3. The van der Waals surface area contributed by atoms with Gasteiger partial charge in [-0.15, -0.1) is 12.4 Å². The normalized spacial score (nSPS) is 19.0. The number of rotatable bonds is 3. The lowest BCUT2D eigenvalue weighted by atomic mass is 10.0. The van der Waals surface area contributed by atoms with Crippen LogP contribution in [0.2, 0.25) is 0 Å². The summed E-state index contributed by atoms with van der Waals surface area (Å²) in [6.45, 7) is 6.61. The van der Waals surface area contributed by atoms with Gasteiger partial charge in [0.25, 0.3) is 0 Å². The Morgan fingerprint density at radius 3 is 2.86 bits per heavy atom. The molecule has 0 aliphatic carbocycles. The molecule has 1 saturated heterocycles. The molecule has 21 heavy (non-hydrogen) atoms. The van der Waals surface area contributed by atoms with Crippen LogP contribution in [-0.4, -0.2) is 35.6 Å². The smallest absolute Gasteiger partial charge is 0.0346 e. The third-order valence-corrected chi connectivity index (χ3v) is 3.78. The summed E-state index contributed by atoms with van der Waals surface area (Å²) >= 11 is 0. The highest BCUT2D eigenvalue weighted by atomic mass is 35.5. The minimum atomic E-state index is 0. The number of nitrogens with one attached hydrogen (secondary N) is 1. The fourth-order valence-corrected chi connectivity index (χ4v) is 2.80. The van der Waals surface area contributed by atoms with E-state index < -0.39 is 0 Å². The van der Waals surface area contributed by atoms with Crippen LogP contribution >= 0.6 is 12.4 Å². The van der Waals surface area contributed by atoms with Gasteiger partial charge in [-0.1, -0.05) is 24.3 Å². The van der Waals surface area contributed by atoms with Crippen molar-refractivity contribution in [2.75, 3.05) is 19.6 Å². The average molecular weight is 304 g/mol. The second-order valence-electron chi connectivity index (χ2n) is 5.53. The van der Waals surface area contributed by atoms with Crippen LogP contribution < -0.4 is 5.32 Å². The first kappa shape index (κ1) is 16.0. The van der Waals surface area contributed by atoms with Crippen molar-refractivity contribution in [3.8, 4) is 11.1 Å². The Morgan fingerprint density at radius 1 is 1.24 bits per heavy atom. The second-order valence-corrected chi connectivity index (χ2v) is 5.53. The summed E-state index contributed by atoms with van der Waals surface area (Å²) in [6.07, 6.45) is 3.74. The molecule has 3 nitrogen and oxygen atoms in total. The summed E-state index contributed by atoms with van der Waals surface area (Å²) in [5.41, 5.74) is 3.81. The van der Waals surface area contributed by atoms with Gasteiger partial charge in [0.05, 0.1) is 0 Å². The Morgan fingerprint density at radius 2 is 2.10 bits per heavy atom. The molecule has 112 valence electrons. The summed E-state index contributed by atoms with van der Waals surface area (Å²) in [6, 6.07) is 13.5. The predicted molar refractivity (Wildman–Crippen MR) is 89.7 cm³/mol. The van der Waals surface area contributed by atoms with Crippen molar-refractivity contribution in [1.29, 1.82) is 0 Å². The molecule has 4 heteroatoms. The van der Waals surface area contributed by atoms with Gasteiger partial charge in [-0.25, -0.2) is 0 Å². The monoisotopic (exact) mass is 303 g/mol. The van der Waals surface area contributed by atoms with Crippen molar-refractivity contribution in [1.82, 2.24) is 15.2 Å². The maximum absolute atomic E-state index is 4.20. The van der Waals surface area contributed by atoms with E-state index in [-0.39, 0.29) is 12.4 Å². The molecule has 1 fully saturated rings. The van der Waals surface area contributed by atoms with E-state index >= 15 is 0 Å². The van der Waals surface area contributed by atoms with Crippen LogP contribution in [0, 0.1) is 0 Å². The first-order chi connectivity index (χ1) is 9.81. The molecule has 1 aromatic carbocycles. The molecule has 3 rings (SSSR count).